The first kappa shape index (κ1) is 21.1. The summed E-state index contributed by atoms with van der Waals surface area (Å²) in [6.07, 6.45) is 1.45. The Hall–Kier alpha value is -0.940. The zero-order valence-corrected chi connectivity index (χ0v) is 16.5. The summed E-state index contributed by atoms with van der Waals surface area (Å²) in [5.41, 5.74) is 1.50. The summed E-state index contributed by atoms with van der Waals surface area (Å²) in [6, 6.07) is 8.25. The fourth-order valence-electron chi connectivity index (χ4n) is 2.08. The molecule has 0 fully saturated rings. The highest BCUT2D eigenvalue weighted by atomic mass is 17.2. The fourth-order valence-corrected chi connectivity index (χ4v) is 2.08. The van der Waals surface area contributed by atoms with Crippen molar-refractivity contribution in [3.63, 3.8) is 0 Å². The Balaban J connectivity index is 2.86. The van der Waals surface area contributed by atoms with Gasteiger partial charge < -0.3 is 0 Å². The van der Waals surface area contributed by atoms with Crippen molar-refractivity contribution < 1.29 is 19.6 Å². The Bertz CT molecular complexity index is 444. The number of rotatable bonds is 8. The summed E-state index contributed by atoms with van der Waals surface area (Å²) in [4.78, 5) is 22.3. The van der Waals surface area contributed by atoms with Crippen molar-refractivity contribution in [2.75, 3.05) is 0 Å². The lowest BCUT2D eigenvalue weighted by Gasteiger charge is -2.25. The fraction of sp³-hybridized carbons (Fsp3) is 0.700. The van der Waals surface area contributed by atoms with Crippen LogP contribution < -0.4 is 0 Å². The normalized spacial score (nSPS) is 15.3. The molecular formula is C20H34O4. The Morgan fingerprint density at radius 1 is 0.750 bits per heavy atom. The summed E-state index contributed by atoms with van der Waals surface area (Å²) in [5, 5.41) is 0. The molecule has 2 unspecified atom stereocenters. The summed E-state index contributed by atoms with van der Waals surface area (Å²) in [6.45, 7) is 16.0. The van der Waals surface area contributed by atoms with E-state index < -0.39 is 0 Å². The highest BCUT2D eigenvalue weighted by Gasteiger charge is 2.21. The molecule has 0 heterocycles. The predicted molar refractivity (Wildman–Crippen MR) is 96.4 cm³/mol. The Morgan fingerprint density at radius 3 is 1.42 bits per heavy atom. The molecule has 0 aromatic heterocycles. The van der Waals surface area contributed by atoms with Gasteiger partial charge in [-0.05, 0) is 65.5 Å². The van der Waals surface area contributed by atoms with Gasteiger partial charge in [0.25, 0.3) is 0 Å². The van der Waals surface area contributed by atoms with Crippen LogP contribution in [0.4, 0.5) is 0 Å². The van der Waals surface area contributed by atoms with Gasteiger partial charge in [0.1, 0.15) is 12.2 Å². The van der Waals surface area contributed by atoms with Crippen LogP contribution in [0.2, 0.25) is 0 Å². The molecule has 0 spiro atoms. The van der Waals surface area contributed by atoms with Gasteiger partial charge in [-0.1, -0.05) is 38.1 Å². The van der Waals surface area contributed by atoms with Crippen LogP contribution in [0.25, 0.3) is 0 Å². The number of hydrogen-bond acceptors (Lipinski definition) is 4. The maximum absolute atomic E-state index is 5.65. The van der Waals surface area contributed by atoms with Crippen molar-refractivity contribution in [1.82, 2.24) is 0 Å². The minimum atomic E-state index is -0.333. The zero-order valence-electron chi connectivity index (χ0n) is 16.5. The van der Waals surface area contributed by atoms with Crippen molar-refractivity contribution in [2.24, 2.45) is 0 Å². The van der Waals surface area contributed by atoms with Crippen LogP contribution in [0, 0.1) is 0 Å². The van der Waals surface area contributed by atoms with E-state index in [0.717, 1.165) is 24.0 Å². The van der Waals surface area contributed by atoms with E-state index in [-0.39, 0.29) is 23.4 Å². The second-order valence-electron chi connectivity index (χ2n) is 8.05. The molecule has 0 bridgehead atoms. The molecule has 0 radical (unpaired) electrons. The van der Waals surface area contributed by atoms with Gasteiger partial charge in [0.05, 0.1) is 11.2 Å². The van der Waals surface area contributed by atoms with Gasteiger partial charge in [0, 0.05) is 0 Å². The van der Waals surface area contributed by atoms with Gasteiger partial charge in [-0.25, -0.2) is 19.6 Å². The maximum Gasteiger partial charge on any atom is 0.118 e. The molecule has 0 aliphatic carbocycles. The molecule has 138 valence electrons. The van der Waals surface area contributed by atoms with Crippen molar-refractivity contribution in [2.45, 2.75) is 91.6 Å². The molecule has 1 rings (SSSR count). The summed E-state index contributed by atoms with van der Waals surface area (Å²) in [7, 11) is 0. The predicted octanol–water partition coefficient (Wildman–Crippen LogP) is 6.08. The summed E-state index contributed by atoms with van der Waals surface area (Å²) >= 11 is 0. The molecular weight excluding hydrogens is 304 g/mol. The first-order valence-corrected chi connectivity index (χ1v) is 8.84. The van der Waals surface area contributed by atoms with Gasteiger partial charge >= 0.3 is 0 Å². The quantitative estimate of drug-likeness (QED) is 0.425. The van der Waals surface area contributed by atoms with E-state index in [1.165, 1.54) is 0 Å². The summed E-state index contributed by atoms with van der Waals surface area (Å²) in [5.74, 6) is 0. The van der Waals surface area contributed by atoms with E-state index in [4.69, 9.17) is 19.6 Å². The van der Waals surface area contributed by atoms with E-state index in [1.807, 2.05) is 47.6 Å². The van der Waals surface area contributed by atoms with E-state index in [9.17, 15) is 0 Å². The van der Waals surface area contributed by atoms with E-state index in [1.54, 1.807) is 0 Å². The van der Waals surface area contributed by atoms with Crippen LogP contribution in [0.1, 0.15) is 91.6 Å². The molecule has 0 amide bonds. The largest absolute Gasteiger partial charge is 0.230 e. The monoisotopic (exact) mass is 338 g/mol. The molecule has 0 aliphatic heterocycles. The molecule has 0 N–H and O–H groups in total. The zero-order chi connectivity index (χ0) is 18.4. The summed E-state index contributed by atoms with van der Waals surface area (Å²) < 4.78 is 0. The topological polar surface area (TPSA) is 36.9 Å². The third-order valence-corrected chi connectivity index (χ3v) is 3.22. The number of benzene rings is 1. The molecule has 4 heteroatoms. The van der Waals surface area contributed by atoms with Gasteiger partial charge in [-0.3, -0.25) is 0 Å². The van der Waals surface area contributed by atoms with E-state index >= 15 is 0 Å². The van der Waals surface area contributed by atoms with Crippen LogP contribution in [0.15, 0.2) is 24.3 Å². The van der Waals surface area contributed by atoms with Crippen LogP contribution in [0.3, 0.4) is 0 Å². The van der Waals surface area contributed by atoms with Crippen molar-refractivity contribution in [3.8, 4) is 0 Å². The van der Waals surface area contributed by atoms with Crippen LogP contribution >= 0.6 is 0 Å². The second kappa shape index (κ2) is 8.95. The standard InChI is InChI=1S/C20H34O4/c1-9-17(21-23-19(3,4)5)15-12-11-13-16(14-15)18(10-2)22-24-20(6,7)8/h11-14,17-18H,9-10H2,1-8H3. The van der Waals surface area contributed by atoms with Gasteiger partial charge in [0.15, 0.2) is 0 Å². The highest BCUT2D eigenvalue weighted by molar-refractivity contribution is 5.27. The molecule has 24 heavy (non-hydrogen) atoms. The Morgan fingerprint density at radius 2 is 1.12 bits per heavy atom. The molecule has 4 nitrogen and oxygen atoms in total. The minimum absolute atomic E-state index is 0.106. The lowest BCUT2D eigenvalue weighted by molar-refractivity contribution is -0.377. The molecule has 0 saturated carbocycles. The van der Waals surface area contributed by atoms with E-state index in [2.05, 4.69) is 32.0 Å². The first-order valence-electron chi connectivity index (χ1n) is 8.84. The molecule has 0 saturated heterocycles. The third kappa shape index (κ3) is 7.75. The SMILES string of the molecule is CCC(OOC(C)(C)C)c1cccc(C(CC)OOC(C)(C)C)c1. The molecule has 1 aromatic rings. The number of hydrogen-bond donors (Lipinski definition) is 0. The molecule has 1 aromatic carbocycles. The lowest BCUT2D eigenvalue weighted by Crippen LogP contribution is -2.22. The average molecular weight is 338 g/mol. The second-order valence-corrected chi connectivity index (χ2v) is 8.05. The van der Waals surface area contributed by atoms with Crippen LogP contribution in [-0.4, -0.2) is 11.2 Å². The highest BCUT2D eigenvalue weighted by Crippen LogP contribution is 2.29. The van der Waals surface area contributed by atoms with Crippen molar-refractivity contribution in [1.29, 1.82) is 0 Å². The maximum atomic E-state index is 5.65. The molecule has 0 aliphatic rings. The van der Waals surface area contributed by atoms with E-state index in [0.29, 0.717) is 0 Å². The van der Waals surface area contributed by atoms with Crippen molar-refractivity contribution in [3.05, 3.63) is 35.4 Å². The first-order chi connectivity index (χ1) is 11.1. The lowest BCUT2D eigenvalue weighted by atomic mass is 10.0. The van der Waals surface area contributed by atoms with Crippen LogP contribution in [-0.2, 0) is 19.6 Å². The Labute approximate surface area is 147 Å². The van der Waals surface area contributed by atoms with Gasteiger partial charge in [-0.15, -0.1) is 0 Å². The average Bonchev–Trinajstić information content (AvgIpc) is 2.47. The minimum Gasteiger partial charge on any atom is -0.230 e. The third-order valence-electron chi connectivity index (χ3n) is 3.22. The van der Waals surface area contributed by atoms with Crippen LogP contribution in [0.5, 0.6) is 0 Å². The molecule has 2 atom stereocenters. The van der Waals surface area contributed by atoms with Crippen molar-refractivity contribution >= 4 is 0 Å². The van der Waals surface area contributed by atoms with Gasteiger partial charge in [-0.2, -0.15) is 0 Å². The van der Waals surface area contributed by atoms with Gasteiger partial charge in [0.2, 0.25) is 0 Å². The smallest absolute Gasteiger partial charge is 0.118 e. The Kier molecular flexibility index (Phi) is 7.87.